The maximum Gasteiger partial charge on any atom is 0.124 e. The lowest BCUT2D eigenvalue weighted by Gasteiger charge is -2.17. The monoisotopic (exact) mass is 346 g/mol. The summed E-state index contributed by atoms with van der Waals surface area (Å²) in [6.45, 7) is 0. The van der Waals surface area contributed by atoms with Gasteiger partial charge in [0.15, 0.2) is 0 Å². The molecule has 0 bridgehead atoms. The largest absolute Gasteiger partial charge is 0.271 e. The lowest BCUT2D eigenvalue weighted by Crippen LogP contribution is -2.38. The molecule has 2 rings (SSSR count). The van der Waals surface area contributed by atoms with Crippen LogP contribution in [0.2, 0.25) is 15.1 Å². The summed E-state index contributed by atoms with van der Waals surface area (Å²) >= 11 is 17.9. The highest BCUT2D eigenvalue weighted by Gasteiger charge is 2.12. The Balaban J connectivity index is 2.10. The molecule has 0 saturated heterocycles. The molecule has 3 N–H and O–H groups in total. The second-order valence-corrected chi connectivity index (χ2v) is 5.98. The molecule has 2 aromatic rings. The van der Waals surface area contributed by atoms with Gasteiger partial charge in [-0.25, -0.2) is 4.39 Å². The number of nitrogens with one attached hydrogen (secondary N) is 1. The second kappa shape index (κ2) is 7.43. The van der Waals surface area contributed by atoms with Crippen molar-refractivity contribution < 1.29 is 4.39 Å². The lowest BCUT2D eigenvalue weighted by atomic mass is 9.99. The summed E-state index contributed by atoms with van der Waals surface area (Å²) in [5.41, 5.74) is 4.59. The molecule has 0 spiro atoms. The Labute approximate surface area is 138 Å². The van der Waals surface area contributed by atoms with E-state index >= 15 is 0 Å². The first-order valence-corrected chi connectivity index (χ1v) is 7.47. The summed E-state index contributed by atoms with van der Waals surface area (Å²) < 4.78 is 13.0. The average Bonchev–Trinajstić information content (AvgIpc) is 2.44. The van der Waals surface area contributed by atoms with E-state index in [9.17, 15) is 4.39 Å². The normalized spacial score (nSPS) is 12.4. The van der Waals surface area contributed by atoms with Gasteiger partial charge in [-0.2, -0.15) is 0 Å². The van der Waals surface area contributed by atoms with Crippen molar-refractivity contribution in [1.82, 2.24) is 5.43 Å². The Bertz CT molecular complexity index is 634. The Kier molecular flexibility index (Phi) is 5.85. The van der Waals surface area contributed by atoms with Crippen LogP contribution in [-0.2, 0) is 12.8 Å². The Morgan fingerprint density at radius 3 is 2.33 bits per heavy atom. The van der Waals surface area contributed by atoms with E-state index in [1.54, 1.807) is 18.2 Å². The van der Waals surface area contributed by atoms with Crippen molar-refractivity contribution >= 4 is 34.8 Å². The van der Waals surface area contributed by atoms with E-state index in [0.717, 1.165) is 11.1 Å². The van der Waals surface area contributed by atoms with Crippen molar-refractivity contribution in [3.8, 4) is 0 Å². The van der Waals surface area contributed by atoms with Gasteiger partial charge >= 0.3 is 0 Å². The van der Waals surface area contributed by atoms with Crippen LogP contribution in [0.3, 0.4) is 0 Å². The number of nitrogens with two attached hydrogens (primary N) is 1. The predicted molar refractivity (Wildman–Crippen MR) is 86.4 cm³/mol. The minimum Gasteiger partial charge on any atom is -0.271 e. The molecule has 0 aliphatic rings. The molecule has 0 aliphatic carbocycles. The third-order valence-corrected chi connectivity index (χ3v) is 4.27. The highest BCUT2D eigenvalue weighted by Crippen LogP contribution is 2.24. The van der Waals surface area contributed by atoms with Crippen LogP contribution in [0.15, 0.2) is 36.4 Å². The van der Waals surface area contributed by atoms with Crippen LogP contribution < -0.4 is 11.3 Å². The number of rotatable bonds is 5. The van der Waals surface area contributed by atoms with Crippen molar-refractivity contribution in [2.45, 2.75) is 18.9 Å². The van der Waals surface area contributed by atoms with Gasteiger partial charge in [-0.15, -0.1) is 0 Å². The summed E-state index contributed by atoms with van der Waals surface area (Å²) in [5, 5.41) is 1.41. The van der Waals surface area contributed by atoms with E-state index in [2.05, 4.69) is 5.43 Å². The van der Waals surface area contributed by atoms with Crippen LogP contribution in [0.4, 0.5) is 4.39 Å². The average molecular weight is 348 g/mol. The van der Waals surface area contributed by atoms with Crippen LogP contribution in [0.5, 0.6) is 0 Å². The molecule has 2 aromatic carbocycles. The van der Waals surface area contributed by atoms with Crippen molar-refractivity contribution in [1.29, 1.82) is 0 Å². The van der Waals surface area contributed by atoms with Gasteiger partial charge in [0.25, 0.3) is 0 Å². The Morgan fingerprint density at radius 1 is 0.952 bits per heavy atom. The molecule has 0 fully saturated rings. The molecule has 0 amide bonds. The predicted octanol–water partition coefficient (Wildman–Crippen LogP) is 4.40. The highest BCUT2D eigenvalue weighted by atomic mass is 35.5. The van der Waals surface area contributed by atoms with E-state index in [4.69, 9.17) is 40.6 Å². The standard InChI is InChI=1S/C15H14Cl3FN2/c16-13-4-1-9(6-15(13)18)5-12(21-20)7-10-2-3-11(19)8-14(10)17/h1-4,6,8,12,21H,5,7,20H2. The molecular weight excluding hydrogens is 334 g/mol. The van der Waals surface area contributed by atoms with Crippen molar-refractivity contribution in [2.24, 2.45) is 5.84 Å². The molecule has 112 valence electrons. The molecule has 0 aliphatic heterocycles. The molecule has 0 aromatic heterocycles. The molecule has 0 saturated carbocycles. The SMILES string of the molecule is NNC(Cc1ccc(Cl)c(Cl)c1)Cc1ccc(F)cc1Cl. The quantitative estimate of drug-likeness (QED) is 0.621. The van der Waals surface area contributed by atoms with Gasteiger partial charge in [0.05, 0.1) is 10.0 Å². The number of hydrogen-bond donors (Lipinski definition) is 2. The third-order valence-electron chi connectivity index (χ3n) is 3.18. The fraction of sp³-hybridized carbons (Fsp3) is 0.200. The van der Waals surface area contributed by atoms with Crippen LogP contribution in [-0.4, -0.2) is 6.04 Å². The first kappa shape index (κ1) is 16.5. The van der Waals surface area contributed by atoms with E-state index in [1.165, 1.54) is 12.1 Å². The van der Waals surface area contributed by atoms with E-state index in [-0.39, 0.29) is 11.9 Å². The van der Waals surface area contributed by atoms with E-state index in [1.807, 2.05) is 6.07 Å². The molecular formula is C15H14Cl3FN2. The molecule has 0 radical (unpaired) electrons. The maximum atomic E-state index is 13.0. The van der Waals surface area contributed by atoms with Crippen LogP contribution in [0, 0.1) is 5.82 Å². The summed E-state index contributed by atoms with van der Waals surface area (Å²) in [6, 6.07) is 9.74. The zero-order chi connectivity index (χ0) is 15.4. The maximum absolute atomic E-state index is 13.0. The first-order chi connectivity index (χ1) is 9.99. The number of hydrogen-bond acceptors (Lipinski definition) is 2. The molecule has 0 heterocycles. The molecule has 1 unspecified atom stereocenters. The van der Waals surface area contributed by atoms with E-state index in [0.29, 0.717) is 27.9 Å². The van der Waals surface area contributed by atoms with Gasteiger partial charge < -0.3 is 0 Å². The molecule has 21 heavy (non-hydrogen) atoms. The Hall–Kier alpha value is -0.840. The molecule has 1 atom stereocenters. The fourth-order valence-electron chi connectivity index (χ4n) is 2.09. The zero-order valence-corrected chi connectivity index (χ0v) is 13.3. The van der Waals surface area contributed by atoms with E-state index < -0.39 is 0 Å². The number of benzene rings is 2. The zero-order valence-electron chi connectivity index (χ0n) is 11.0. The van der Waals surface area contributed by atoms with Crippen LogP contribution in [0.25, 0.3) is 0 Å². The molecule has 6 heteroatoms. The van der Waals surface area contributed by atoms with Gasteiger partial charge in [-0.1, -0.05) is 46.9 Å². The summed E-state index contributed by atoms with van der Waals surface area (Å²) in [7, 11) is 0. The third kappa shape index (κ3) is 4.56. The highest BCUT2D eigenvalue weighted by molar-refractivity contribution is 6.42. The number of halogens is 4. The molecule has 2 nitrogen and oxygen atoms in total. The van der Waals surface area contributed by atoms with Gasteiger partial charge in [0, 0.05) is 11.1 Å². The minimum absolute atomic E-state index is 0.0507. The smallest absolute Gasteiger partial charge is 0.124 e. The van der Waals surface area contributed by atoms with Gasteiger partial charge in [0.2, 0.25) is 0 Å². The van der Waals surface area contributed by atoms with Crippen molar-refractivity contribution in [2.75, 3.05) is 0 Å². The number of hydrazine groups is 1. The summed E-state index contributed by atoms with van der Waals surface area (Å²) in [5.74, 6) is 5.23. The van der Waals surface area contributed by atoms with Gasteiger partial charge in [-0.3, -0.25) is 11.3 Å². The van der Waals surface area contributed by atoms with Crippen LogP contribution in [0.1, 0.15) is 11.1 Å². The Morgan fingerprint density at radius 2 is 1.71 bits per heavy atom. The second-order valence-electron chi connectivity index (χ2n) is 4.76. The topological polar surface area (TPSA) is 38.0 Å². The van der Waals surface area contributed by atoms with Crippen LogP contribution >= 0.6 is 34.8 Å². The fourth-order valence-corrected chi connectivity index (χ4v) is 2.66. The van der Waals surface area contributed by atoms with Crippen molar-refractivity contribution in [3.63, 3.8) is 0 Å². The summed E-state index contributed by atoms with van der Waals surface area (Å²) in [4.78, 5) is 0. The lowest BCUT2D eigenvalue weighted by molar-refractivity contribution is 0.522. The van der Waals surface area contributed by atoms with Crippen molar-refractivity contribution in [3.05, 3.63) is 68.4 Å². The van der Waals surface area contributed by atoms with Gasteiger partial charge in [0.1, 0.15) is 5.82 Å². The first-order valence-electron chi connectivity index (χ1n) is 6.33. The minimum atomic E-state index is -0.356. The summed E-state index contributed by atoms with van der Waals surface area (Å²) in [6.07, 6.45) is 1.23. The van der Waals surface area contributed by atoms with Gasteiger partial charge in [-0.05, 0) is 48.2 Å².